The SMILES string of the molecule is O=[N+]([O-])c1ccc(Cc2c3[n+](cc4c5c(ccc24)OCO5)CCc2cc4c(cc2-3)OCO4)cc1. The summed E-state index contributed by atoms with van der Waals surface area (Å²) in [5, 5.41) is 13.2. The van der Waals surface area contributed by atoms with E-state index in [0.29, 0.717) is 6.42 Å². The number of pyridine rings is 1. The van der Waals surface area contributed by atoms with E-state index in [1.54, 1.807) is 12.1 Å². The van der Waals surface area contributed by atoms with Crippen LogP contribution in [0.2, 0.25) is 0 Å². The Morgan fingerprint density at radius 3 is 2.47 bits per heavy atom. The first-order chi connectivity index (χ1) is 16.7. The van der Waals surface area contributed by atoms with Crippen molar-refractivity contribution in [2.45, 2.75) is 19.4 Å². The molecular weight excluding hydrogens is 436 g/mol. The smallest absolute Gasteiger partial charge is 0.269 e. The molecule has 0 saturated heterocycles. The minimum atomic E-state index is -0.376. The summed E-state index contributed by atoms with van der Waals surface area (Å²) in [5.41, 5.74) is 5.65. The minimum absolute atomic E-state index is 0.0829. The molecule has 1 aromatic heterocycles. The van der Waals surface area contributed by atoms with Gasteiger partial charge in [0.15, 0.2) is 35.7 Å². The standard InChI is InChI=1S/C26H19N2O6/c29-28(30)17-3-1-15(2-4-17)9-20-18-5-6-22-26(34-14-31-22)21(18)12-27-8-7-16-10-23-24(33-13-32-23)11-19(16)25(20)27/h1-6,10-12H,7-9,13-14H2/q+1. The molecule has 0 atom stereocenters. The Bertz CT molecular complexity index is 1510. The van der Waals surface area contributed by atoms with Crippen LogP contribution in [-0.4, -0.2) is 18.5 Å². The maximum absolute atomic E-state index is 11.1. The average molecular weight is 455 g/mol. The van der Waals surface area contributed by atoms with Gasteiger partial charge in [-0.1, -0.05) is 12.1 Å². The second-order valence-electron chi connectivity index (χ2n) is 8.62. The quantitative estimate of drug-likeness (QED) is 0.260. The van der Waals surface area contributed by atoms with E-state index in [9.17, 15) is 10.1 Å². The second kappa shape index (κ2) is 7.08. The Kier molecular flexibility index (Phi) is 3.99. The zero-order valence-corrected chi connectivity index (χ0v) is 18.1. The molecule has 168 valence electrons. The van der Waals surface area contributed by atoms with Crippen LogP contribution in [0, 0.1) is 10.1 Å². The van der Waals surface area contributed by atoms with E-state index in [0.717, 1.165) is 69.1 Å². The molecule has 34 heavy (non-hydrogen) atoms. The molecule has 0 aliphatic carbocycles. The number of nitrogens with zero attached hydrogens (tertiary/aromatic N) is 2. The van der Waals surface area contributed by atoms with Gasteiger partial charge in [0.25, 0.3) is 5.69 Å². The number of benzene rings is 3. The number of nitro benzene ring substituents is 1. The van der Waals surface area contributed by atoms with Crippen molar-refractivity contribution in [3.63, 3.8) is 0 Å². The summed E-state index contributed by atoms with van der Waals surface area (Å²) in [4.78, 5) is 10.8. The van der Waals surface area contributed by atoms with E-state index in [1.165, 1.54) is 5.56 Å². The Morgan fingerprint density at radius 1 is 0.882 bits per heavy atom. The molecule has 0 spiro atoms. The molecule has 0 unspecified atom stereocenters. The topological polar surface area (TPSA) is 83.9 Å². The first-order valence-electron chi connectivity index (χ1n) is 11.1. The molecule has 0 radical (unpaired) electrons. The molecule has 0 N–H and O–H groups in total. The van der Waals surface area contributed by atoms with Gasteiger partial charge in [0, 0.05) is 35.9 Å². The fourth-order valence-electron chi connectivity index (χ4n) is 5.17. The van der Waals surface area contributed by atoms with Gasteiger partial charge in [-0.3, -0.25) is 10.1 Å². The van der Waals surface area contributed by atoms with Crippen molar-refractivity contribution in [2.24, 2.45) is 0 Å². The molecular formula is C26H19N2O6+. The van der Waals surface area contributed by atoms with Gasteiger partial charge >= 0.3 is 0 Å². The zero-order valence-electron chi connectivity index (χ0n) is 18.1. The fourth-order valence-corrected chi connectivity index (χ4v) is 5.17. The van der Waals surface area contributed by atoms with Crippen LogP contribution in [0.25, 0.3) is 22.0 Å². The monoisotopic (exact) mass is 455 g/mol. The first kappa shape index (κ1) is 19.2. The third kappa shape index (κ3) is 2.81. The lowest BCUT2D eigenvalue weighted by atomic mass is 9.88. The molecule has 8 nitrogen and oxygen atoms in total. The Morgan fingerprint density at radius 2 is 1.65 bits per heavy atom. The van der Waals surface area contributed by atoms with Crippen LogP contribution >= 0.6 is 0 Å². The number of nitro groups is 1. The summed E-state index contributed by atoms with van der Waals surface area (Å²) in [6, 6.07) is 14.9. The molecule has 8 heteroatoms. The van der Waals surface area contributed by atoms with Crippen molar-refractivity contribution in [1.82, 2.24) is 0 Å². The van der Waals surface area contributed by atoms with Gasteiger partial charge in [-0.05, 0) is 35.4 Å². The van der Waals surface area contributed by atoms with Gasteiger partial charge in [-0.2, -0.15) is 4.57 Å². The highest BCUT2D eigenvalue weighted by atomic mass is 16.7. The van der Waals surface area contributed by atoms with Crippen LogP contribution < -0.4 is 23.5 Å². The molecule has 7 rings (SSSR count). The third-order valence-corrected chi connectivity index (χ3v) is 6.76. The van der Waals surface area contributed by atoms with Crippen LogP contribution in [0.1, 0.15) is 16.7 Å². The van der Waals surface area contributed by atoms with Gasteiger partial charge in [0.1, 0.15) is 0 Å². The number of hydrogen-bond acceptors (Lipinski definition) is 6. The molecule has 4 aromatic rings. The minimum Gasteiger partial charge on any atom is -0.454 e. The molecule has 0 bridgehead atoms. The Hall–Kier alpha value is -4.33. The van der Waals surface area contributed by atoms with Gasteiger partial charge < -0.3 is 18.9 Å². The Labute approximate surface area is 194 Å². The summed E-state index contributed by atoms with van der Waals surface area (Å²) in [7, 11) is 0. The van der Waals surface area contributed by atoms with Crippen molar-refractivity contribution < 1.29 is 28.4 Å². The molecule has 4 heterocycles. The fraction of sp³-hybridized carbons (Fsp3) is 0.192. The largest absolute Gasteiger partial charge is 0.454 e. The summed E-state index contributed by atoms with van der Waals surface area (Å²) >= 11 is 0. The number of fused-ring (bicyclic) bond motifs is 7. The van der Waals surface area contributed by atoms with Gasteiger partial charge in [0.05, 0.1) is 15.9 Å². The highest BCUT2D eigenvalue weighted by molar-refractivity contribution is 5.95. The number of aromatic nitrogens is 1. The predicted molar refractivity (Wildman–Crippen MR) is 121 cm³/mol. The molecule has 3 aromatic carbocycles. The predicted octanol–water partition coefficient (Wildman–Crippen LogP) is 4.31. The summed E-state index contributed by atoms with van der Waals surface area (Å²) in [6.45, 7) is 1.25. The number of aryl methyl sites for hydroxylation is 2. The number of non-ortho nitro benzene ring substituents is 1. The third-order valence-electron chi connectivity index (χ3n) is 6.76. The van der Waals surface area contributed by atoms with Crippen molar-refractivity contribution >= 4 is 16.5 Å². The van der Waals surface area contributed by atoms with Gasteiger partial charge in [0.2, 0.25) is 19.3 Å². The van der Waals surface area contributed by atoms with Crippen molar-refractivity contribution in [3.05, 3.63) is 81.5 Å². The van der Waals surface area contributed by atoms with Crippen molar-refractivity contribution in [1.29, 1.82) is 0 Å². The van der Waals surface area contributed by atoms with E-state index < -0.39 is 0 Å². The second-order valence-corrected chi connectivity index (χ2v) is 8.62. The van der Waals surface area contributed by atoms with Crippen LogP contribution in [0.3, 0.4) is 0 Å². The van der Waals surface area contributed by atoms with E-state index in [4.69, 9.17) is 18.9 Å². The highest BCUT2D eigenvalue weighted by Crippen LogP contribution is 2.45. The van der Waals surface area contributed by atoms with E-state index in [1.807, 2.05) is 18.2 Å². The Balaban J connectivity index is 1.47. The van der Waals surface area contributed by atoms with Gasteiger partial charge in [-0.15, -0.1) is 0 Å². The van der Waals surface area contributed by atoms with Crippen LogP contribution in [-0.2, 0) is 19.4 Å². The van der Waals surface area contributed by atoms with E-state index in [-0.39, 0.29) is 24.2 Å². The van der Waals surface area contributed by atoms with E-state index in [2.05, 4.69) is 29.0 Å². The summed E-state index contributed by atoms with van der Waals surface area (Å²) in [5.74, 6) is 3.04. The maximum Gasteiger partial charge on any atom is 0.269 e. The average Bonchev–Trinajstić information content (AvgIpc) is 3.52. The number of hydrogen-bond donors (Lipinski definition) is 0. The van der Waals surface area contributed by atoms with E-state index >= 15 is 0 Å². The maximum atomic E-state index is 11.1. The van der Waals surface area contributed by atoms with Crippen LogP contribution in [0.4, 0.5) is 5.69 Å². The first-order valence-corrected chi connectivity index (χ1v) is 11.1. The van der Waals surface area contributed by atoms with Crippen LogP contribution in [0.5, 0.6) is 23.0 Å². The normalized spacial score (nSPS) is 14.7. The summed E-state index contributed by atoms with van der Waals surface area (Å²) < 4.78 is 25.0. The van der Waals surface area contributed by atoms with Gasteiger partial charge in [-0.25, -0.2) is 0 Å². The number of ether oxygens (including phenoxy) is 4. The zero-order chi connectivity index (χ0) is 22.8. The number of rotatable bonds is 3. The molecule has 3 aliphatic rings. The van der Waals surface area contributed by atoms with Crippen molar-refractivity contribution in [3.8, 4) is 34.3 Å². The lowest BCUT2D eigenvalue weighted by molar-refractivity contribution is -0.686. The highest BCUT2D eigenvalue weighted by Gasteiger charge is 2.33. The molecule has 0 amide bonds. The van der Waals surface area contributed by atoms with Crippen LogP contribution in [0.15, 0.2) is 54.7 Å². The molecule has 3 aliphatic heterocycles. The molecule has 0 saturated carbocycles. The lowest BCUT2D eigenvalue weighted by Crippen LogP contribution is -2.41. The summed E-state index contributed by atoms with van der Waals surface area (Å²) in [6.07, 6.45) is 3.63. The molecule has 0 fully saturated rings. The lowest BCUT2D eigenvalue weighted by Gasteiger charge is -2.20. The van der Waals surface area contributed by atoms with Crippen molar-refractivity contribution in [2.75, 3.05) is 13.6 Å².